The van der Waals surface area contributed by atoms with Crippen molar-refractivity contribution in [2.75, 3.05) is 6.61 Å². The Morgan fingerprint density at radius 2 is 1.19 bits per heavy atom. The molecule has 0 aliphatic heterocycles. The minimum absolute atomic E-state index is 0.0280. The van der Waals surface area contributed by atoms with Crippen molar-refractivity contribution in [1.29, 1.82) is 0 Å². The molecule has 4 saturated carbocycles. The third kappa shape index (κ3) is 5.78. The summed E-state index contributed by atoms with van der Waals surface area (Å²) in [5.41, 5.74) is 0.607. The van der Waals surface area contributed by atoms with Gasteiger partial charge in [-0.15, -0.1) is 0 Å². The van der Waals surface area contributed by atoms with E-state index < -0.39 is 0 Å². The topological polar surface area (TPSA) is 9.23 Å². The lowest BCUT2D eigenvalue weighted by atomic mass is 9.59. The van der Waals surface area contributed by atoms with Gasteiger partial charge in [-0.3, -0.25) is 0 Å². The zero-order valence-corrected chi connectivity index (χ0v) is 22.5. The van der Waals surface area contributed by atoms with Crippen LogP contribution in [0.5, 0.6) is 0 Å². The highest BCUT2D eigenvalue weighted by Crippen LogP contribution is 2.64. The molecule has 6 unspecified atom stereocenters. The summed E-state index contributed by atoms with van der Waals surface area (Å²) in [7, 11) is 0. The second-order valence-electron chi connectivity index (χ2n) is 14.1. The molecule has 4 aliphatic carbocycles. The minimum Gasteiger partial charge on any atom is -0.376 e. The van der Waals surface area contributed by atoms with Crippen molar-refractivity contribution >= 4 is 0 Å². The summed E-state index contributed by atoms with van der Waals surface area (Å²) < 4.78 is 5.88. The van der Waals surface area contributed by atoms with Gasteiger partial charge in [0.2, 0.25) is 0 Å². The fourth-order valence-electron chi connectivity index (χ4n) is 9.30. The third-order valence-corrected chi connectivity index (χ3v) is 10.7. The van der Waals surface area contributed by atoms with E-state index in [9.17, 15) is 0 Å². The molecule has 4 fully saturated rings. The Kier molecular flexibility index (Phi) is 8.38. The highest BCUT2D eigenvalue weighted by atomic mass is 16.5. The minimum atomic E-state index is 0.0280. The summed E-state index contributed by atoms with van der Waals surface area (Å²) in [6, 6.07) is 0. The Hall–Kier alpha value is -0.0400. The van der Waals surface area contributed by atoms with Crippen LogP contribution in [0.1, 0.15) is 137 Å². The lowest BCUT2D eigenvalue weighted by molar-refractivity contribution is -0.00477. The van der Waals surface area contributed by atoms with Gasteiger partial charge in [-0.05, 0) is 113 Å². The van der Waals surface area contributed by atoms with E-state index in [-0.39, 0.29) is 5.60 Å². The quantitative estimate of drug-likeness (QED) is 0.322. The molecule has 186 valence electrons. The third-order valence-electron chi connectivity index (χ3n) is 10.7. The van der Waals surface area contributed by atoms with Gasteiger partial charge >= 0.3 is 0 Å². The van der Waals surface area contributed by atoms with Crippen LogP contribution in [0.25, 0.3) is 0 Å². The molecule has 4 aliphatic rings. The predicted octanol–water partition coefficient (Wildman–Crippen LogP) is 9.44. The van der Waals surface area contributed by atoms with Crippen LogP contribution in [0.3, 0.4) is 0 Å². The number of ether oxygens (including phenoxy) is 1. The van der Waals surface area contributed by atoms with Crippen LogP contribution >= 0.6 is 0 Å². The van der Waals surface area contributed by atoms with Gasteiger partial charge in [0.25, 0.3) is 0 Å². The molecule has 32 heavy (non-hydrogen) atoms. The summed E-state index contributed by atoms with van der Waals surface area (Å²) >= 11 is 0. The first-order chi connectivity index (χ1) is 15.3. The van der Waals surface area contributed by atoms with Crippen molar-refractivity contribution in [3.63, 3.8) is 0 Å². The second kappa shape index (κ2) is 10.7. The lowest BCUT2D eigenvalue weighted by Gasteiger charge is -2.46. The molecule has 0 N–H and O–H groups in total. The van der Waals surface area contributed by atoms with E-state index in [1.54, 1.807) is 32.1 Å². The number of fused-ring (bicyclic) bond motifs is 3. The highest BCUT2D eigenvalue weighted by Gasteiger charge is 2.57. The number of unbranched alkanes of at least 4 members (excludes halogenated alkanes) is 3. The van der Waals surface area contributed by atoms with E-state index >= 15 is 0 Å². The Morgan fingerprint density at radius 1 is 0.625 bits per heavy atom. The first-order valence-corrected chi connectivity index (χ1v) is 14.9. The normalized spacial score (nSPS) is 38.0. The SMILES string of the molecule is CC(C)(C)OCCCCCCC1CCC(C(C)(C)C2C3CCCCC3C3CCCCC32)C1. The van der Waals surface area contributed by atoms with Crippen molar-refractivity contribution in [2.45, 2.75) is 143 Å². The zero-order valence-electron chi connectivity index (χ0n) is 22.5. The summed E-state index contributed by atoms with van der Waals surface area (Å²) in [6.07, 6.45) is 24.0. The van der Waals surface area contributed by atoms with E-state index in [4.69, 9.17) is 4.74 Å². The molecule has 0 aromatic rings. The fourth-order valence-corrected chi connectivity index (χ4v) is 9.30. The van der Waals surface area contributed by atoms with Gasteiger partial charge in [-0.1, -0.05) is 71.6 Å². The largest absolute Gasteiger partial charge is 0.376 e. The highest BCUT2D eigenvalue weighted by molar-refractivity contribution is 5.06. The maximum atomic E-state index is 5.88. The van der Waals surface area contributed by atoms with Crippen molar-refractivity contribution in [1.82, 2.24) is 0 Å². The Labute approximate surface area is 201 Å². The van der Waals surface area contributed by atoms with Crippen molar-refractivity contribution in [2.24, 2.45) is 46.8 Å². The van der Waals surface area contributed by atoms with Crippen LogP contribution < -0.4 is 0 Å². The van der Waals surface area contributed by atoms with Crippen LogP contribution in [0, 0.1) is 46.8 Å². The van der Waals surface area contributed by atoms with Gasteiger partial charge < -0.3 is 4.74 Å². The van der Waals surface area contributed by atoms with E-state index in [1.165, 1.54) is 70.6 Å². The Balaban J connectivity index is 1.25. The molecule has 6 atom stereocenters. The standard InChI is InChI=1S/C31H56O/c1-30(2,3)32-21-13-7-6-8-14-23-19-20-24(22-23)31(4,5)29-27-17-11-9-15-25(27)26-16-10-12-18-28(26)29/h23-29H,6-22H2,1-5H3. The van der Waals surface area contributed by atoms with Gasteiger partial charge in [0.05, 0.1) is 5.60 Å². The molecule has 0 bridgehead atoms. The molecule has 1 nitrogen and oxygen atoms in total. The van der Waals surface area contributed by atoms with E-state index in [0.29, 0.717) is 5.41 Å². The average molecular weight is 445 g/mol. The molecule has 4 rings (SSSR count). The molecule has 1 heteroatoms. The van der Waals surface area contributed by atoms with Crippen molar-refractivity contribution in [3.05, 3.63) is 0 Å². The van der Waals surface area contributed by atoms with E-state index in [2.05, 4.69) is 34.6 Å². The van der Waals surface area contributed by atoms with Crippen LogP contribution in [-0.2, 0) is 4.74 Å². The van der Waals surface area contributed by atoms with Gasteiger partial charge in [0.1, 0.15) is 0 Å². The fraction of sp³-hybridized carbons (Fsp3) is 1.00. The van der Waals surface area contributed by atoms with Crippen LogP contribution in [0.2, 0.25) is 0 Å². The molecule has 0 heterocycles. The molecular weight excluding hydrogens is 388 g/mol. The summed E-state index contributed by atoms with van der Waals surface area (Å²) in [4.78, 5) is 0. The van der Waals surface area contributed by atoms with Gasteiger partial charge in [0, 0.05) is 6.61 Å². The summed E-state index contributed by atoms with van der Waals surface area (Å²) in [6.45, 7) is 12.9. The first kappa shape index (κ1) is 25.1. The molecule has 0 amide bonds. The monoisotopic (exact) mass is 444 g/mol. The van der Waals surface area contributed by atoms with Crippen LogP contribution in [-0.4, -0.2) is 12.2 Å². The lowest BCUT2D eigenvalue weighted by Crippen LogP contribution is -2.39. The summed E-state index contributed by atoms with van der Waals surface area (Å²) in [5.74, 6) is 7.46. The number of hydrogen-bond donors (Lipinski definition) is 0. The summed E-state index contributed by atoms with van der Waals surface area (Å²) in [5, 5.41) is 0. The maximum Gasteiger partial charge on any atom is 0.0598 e. The average Bonchev–Trinajstić information content (AvgIpc) is 3.36. The van der Waals surface area contributed by atoms with E-state index in [0.717, 1.165) is 48.0 Å². The van der Waals surface area contributed by atoms with Gasteiger partial charge in [-0.2, -0.15) is 0 Å². The predicted molar refractivity (Wildman–Crippen MR) is 138 cm³/mol. The van der Waals surface area contributed by atoms with Crippen LogP contribution in [0.4, 0.5) is 0 Å². The van der Waals surface area contributed by atoms with Crippen LogP contribution in [0.15, 0.2) is 0 Å². The first-order valence-electron chi connectivity index (χ1n) is 14.9. The maximum absolute atomic E-state index is 5.88. The van der Waals surface area contributed by atoms with Gasteiger partial charge in [0.15, 0.2) is 0 Å². The van der Waals surface area contributed by atoms with Gasteiger partial charge in [-0.25, -0.2) is 0 Å². The molecule has 0 saturated heterocycles. The molecular formula is C31H56O. The number of rotatable bonds is 9. The molecule has 0 spiro atoms. The molecule has 0 radical (unpaired) electrons. The zero-order chi connectivity index (χ0) is 22.8. The molecule has 0 aromatic heterocycles. The Morgan fingerprint density at radius 3 is 1.78 bits per heavy atom. The second-order valence-corrected chi connectivity index (χ2v) is 14.1. The van der Waals surface area contributed by atoms with E-state index in [1.807, 2.05) is 0 Å². The smallest absolute Gasteiger partial charge is 0.0598 e. The van der Waals surface area contributed by atoms with Crippen molar-refractivity contribution < 1.29 is 4.74 Å². The Bertz CT molecular complexity index is 549. The molecule has 0 aromatic carbocycles. The van der Waals surface area contributed by atoms with Crippen molar-refractivity contribution in [3.8, 4) is 0 Å². The number of hydrogen-bond acceptors (Lipinski definition) is 1.